The Morgan fingerprint density at radius 3 is 2.58 bits per heavy atom. The first-order valence-electron chi connectivity index (χ1n) is 10.6. The van der Waals surface area contributed by atoms with Crippen molar-refractivity contribution in [2.24, 2.45) is 5.92 Å². The van der Waals surface area contributed by atoms with Crippen LogP contribution in [0.3, 0.4) is 0 Å². The van der Waals surface area contributed by atoms with E-state index in [9.17, 15) is 14.4 Å². The predicted octanol–water partition coefficient (Wildman–Crippen LogP) is 0.317. The highest BCUT2D eigenvalue weighted by atomic mass is 16.5. The van der Waals surface area contributed by atoms with Crippen molar-refractivity contribution in [3.8, 4) is 0 Å². The van der Waals surface area contributed by atoms with Crippen LogP contribution in [0.4, 0.5) is 0 Å². The van der Waals surface area contributed by atoms with Gasteiger partial charge in [-0.3, -0.25) is 9.59 Å². The Kier molecular flexibility index (Phi) is 7.77. The molecule has 1 fully saturated rings. The van der Waals surface area contributed by atoms with E-state index in [-0.39, 0.29) is 29.8 Å². The first kappa shape index (κ1) is 22.5. The van der Waals surface area contributed by atoms with Gasteiger partial charge in [0.15, 0.2) is 5.69 Å². The predicted molar refractivity (Wildman–Crippen MR) is 113 cm³/mol. The fourth-order valence-electron chi connectivity index (χ4n) is 3.48. The molecule has 1 aromatic carbocycles. The lowest BCUT2D eigenvalue weighted by Crippen LogP contribution is -2.89. The van der Waals surface area contributed by atoms with Crippen LogP contribution in [0.15, 0.2) is 36.7 Å². The summed E-state index contributed by atoms with van der Waals surface area (Å²) in [5, 5.41) is 4.85. The number of imidazole rings is 1. The number of hydrogen-bond donors (Lipinski definition) is 3. The van der Waals surface area contributed by atoms with Crippen LogP contribution in [-0.4, -0.2) is 64.9 Å². The largest absolute Gasteiger partial charge is 0.459 e. The van der Waals surface area contributed by atoms with Gasteiger partial charge < -0.3 is 25.3 Å². The molecule has 1 atom stereocenters. The molecule has 2 aromatic rings. The summed E-state index contributed by atoms with van der Waals surface area (Å²) in [6, 6.07) is 8.52. The van der Waals surface area contributed by atoms with Gasteiger partial charge in [0.1, 0.15) is 18.3 Å². The van der Waals surface area contributed by atoms with E-state index in [0.717, 1.165) is 18.7 Å². The molecule has 2 amide bonds. The lowest BCUT2D eigenvalue weighted by Gasteiger charge is -2.25. The molecule has 1 aromatic heterocycles. The molecule has 1 saturated heterocycles. The van der Waals surface area contributed by atoms with Crippen molar-refractivity contribution in [3.63, 3.8) is 0 Å². The third-order valence-electron chi connectivity index (χ3n) is 5.08. The molecule has 0 radical (unpaired) electrons. The van der Waals surface area contributed by atoms with Gasteiger partial charge >= 0.3 is 5.97 Å². The summed E-state index contributed by atoms with van der Waals surface area (Å²) in [6.45, 7) is 6.92. The number of esters is 1. The third-order valence-corrected chi connectivity index (χ3v) is 5.08. The maximum Gasteiger partial charge on any atom is 0.328 e. The second-order valence-electron chi connectivity index (χ2n) is 8.03. The summed E-state index contributed by atoms with van der Waals surface area (Å²) in [5.41, 5.74) is 0.994. The molecule has 2 heterocycles. The van der Waals surface area contributed by atoms with E-state index in [4.69, 9.17) is 4.74 Å². The Bertz CT molecular complexity index is 890. The number of carbonyl (C=O) groups excluding carboxylic acids is 3. The SMILES string of the molecule is CC(C)C[C@H](NC(=O)c1nc[nH]c1C(=O)N1CC[NH2+]CC1)C(=O)OCc1ccccc1. The number of piperazine rings is 1. The van der Waals surface area contributed by atoms with E-state index < -0.39 is 17.9 Å². The minimum absolute atomic E-state index is 0.0100. The van der Waals surface area contributed by atoms with Crippen LogP contribution in [-0.2, 0) is 16.1 Å². The number of nitrogens with two attached hydrogens (primary N) is 1. The number of nitrogens with one attached hydrogen (secondary N) is 2. The smallest absolute Gasteiger partial charge is 0.328 e. The van der Waals surface area contributed by atoms with Gasteiger partial charge in [-0.1, -0.05) is 44.2 Å². The Labute approximate surface area is 181 Å². The van der Waals surface area contributed by atoms with Crippen LogP contribution < -0.4 is 10.6 Å². The van der Waals surface area contributed by atoms with Crippen LogP contribution in [0.2, 0.25) is 0 Å². The third kappa shape index (κ3) is 6.14. The molecule has 9 heteroatoms. The number of hydrogen-bond acceptors (Lipinski definition) is 5. The van der Waals surface area contributed by atoms with E-state index in [1.165, 1.54) is 6.33 Å². The van der Waals surface area contributed by atoms with Crippen LogP contribution in [0.25, 0.3) is 0 Å². The van der Waals surface area contributed by atoms with Crippen LogP contribution in [0.5, 0.6) is 0 Å². The van der Waals surface area contributed by atoms with Crippen molar-refractivity contribution >= 4 is 17.8 Å². The summed E-state index contributed by atoms with van der Waals surface area (Å²) in [6.07, 6.45) is 1.73. The zero-order chi connectivity index (χ0) is 22.2. The Morgan fingerprint density at radius 1 is 1.19 bits per heavy atom. The van der Waals surface area contributed by atoms with Gasteiger partial charge in [0.2, 0.25) is 0 Å². The minimum atomic E-state index is -0.833. The zero-order valence-electron chi connectivity index (χ0n) is 18.0. The highest BCUT2D eigenvalue weighted by molar-refractivity contribution is 6.05. The van der Waals surface area contributed by atoms with Crippen molar-refractivity contribution in [2.45, 2.75) is 32.9 Å². The number of quaternary nitrogens is 1. The van der Waals surface area contributed by atoms with Crippen LogP contribution in [0, 0.1) is 5.92 Å². The zero-order valence-corrected chi connectivity index (χ0v) is 18.0. The topological polar surface area (TPSA) is 121 Å². The molecule has 0 aliphatic carbocycles. The van der Waals surface area contributed by atoms with E-state index >= 15 is 0 Å². The highest BCUT2D eigenvalue weighted by Gasteiger charge is 2.30. The van der Waals surface area contributed by atoms with Crippen molar-refractivity contribution in [1.29, 1.82) is 0 Å². The van der Waals surface area contributed by atoms with E-state index in [1.54, 1.807) is 4.90 Å². The summed E-state index contributed by atoms with van der Waals surface area (Å²) < 4.78 is 5.42. The van der Waals surface area contributed by atoms with E-state index in [2.05, 4.69) is 20.6 Å². The van der Waals surface area contributed by atoms with Gasteiger partial charge in [-0.25, -0.2) is 9.78 Å². The number of ether oxygens (including phenoxy) is 1. The molecule has 1 aliphatic heterocycles. The standard InChI is InChI=1S/C22H29N5O4/c1-15(2)12-17(22(30)31-13-16-6-4-3-5-7-16)26-20(28)18-19(25-14-24-18)21(29)27-10-8-23-9-11-27/h3-7,14-15,17,23H,8-13H2,1-2H3,(H,24,25)(H,26,28)/p+1/t17-/m0/s1. The summed E-state index contributed by atoms with van der Waals surface area (Å²) in [4.78, 5) is 46.9. The van der Waals surface area contributed by atoms with Crippen LogP contribution in [0.1, 0.15) is 46.8 Å². The number of benzene rings is 1. The summed E-state index contributed by atoms with van der Waals surface area (Å²) in [7, 11) is 0. The summed E-state index contributed by atoms with van der Waals surface area (Å²) >= 11 is 0. The molecular weight excluding hydrogens is 398 g/mol. The van der Waals surface area contributed by atoms with Gasteiger partial charge in [-0.2, -0.15) is 0 Å². The molecule has 3 rings (SSSR count). The number of H-pyrrole nitrogens is 1. The Balaban J connectivity index is 1.67. The number of amides is 2. The van der Waals surface area contributed by atoms with Crippen molar-refractivity contribution < 1.29 is 24.4 Å². The number of aromatic amines is 1. The minimum Gasteiger partial charge on any atom is -0.459 e. The first-order chi connectivity index (χ1) is 15.0. The molecule has 0 spiro atoms. The highest BCUT2D eigenvalue weighted by Crippen LogP contribution is 2.12. The van der Waals surface area contributed by atoms with Gasteiger partial charge in [0.25, 0.3) is 11.8 Å². The Morgan fingerprint density at radius 2 is 1.90 bits per heavy atom. The molecule has 0 saturated carbocycles. The average molecular weight is 429 g/mol. The first-order valence-corrected chi connectivity index (χ1v) is 10.6. The van der Waals surface area contributed by atoms with E-state index in [1.807, 2.05) is 44.2 Å². The van der Waals surface area contributed by atoms with Gasteiger partial charge in [0, 0.05) is 0 Å². The molecule has 9 nitrogen and oxygen atoms in total. The average Bonchev–Trinajstić information content (AvgIpc) is 3.27. The Hall–Kier alpha value is -3.20. The second kappa shape index (κ2) is 10.7. The molecule has 166 valence electrons. The molecule has 0 unspecified atom stereocenters. The monoisotopic (exact) mass is 428 g/mol. The molecule has 31 heavy (non-hydrogen) atoms. The number of rotatable bonds is 8. The van der Waals surface area contributed by atoms with E-state index in [0.29, 0.717) is 19.5 Å². The van der Waals surface area contributed by atoms with Crippen LogP contribution >= 0.6 is 0 Å². The maximum atomic E-state index is 12.9. The second-order valence-corrected chi connectivity index (χ2v) is 8.03. The maximum absolute atomic E-state index is 12.9. The molecular formula is C22H30N5O4+. The lowest BCUT2D eigenvalue weighted by molar-refractivity contribution is -0.661. The molecule has 1 aliphatic rings. The van der Waals surface area contributed by atoms with Gasteiger partial charge in [0.05, 0.1) is 32.5 Å². The quantitative estimate of drug-likeness (QED) is 0.523. The fourth-order valence-corrected chi connectivity index (χ4v) is 3.48. The number of nitrogens with zero attached hydrogens (tertiary/aromatic N) is 2. The lowest BCUT2D eigenvalue weighted by atomic mass is 10.0. The molecule has 4 N–H and O–H groups in total. The number of carbonyl (C=O) groups is 3. The van der Waals surface area contributed by atoms with Crippen molar-refractivity contribution in [3.05, 3.63) is 53.6 Å². The van der Waals surface area contributed by atoms with Gasteiger partial charge in [-0.05, 0) is 17.9 Å². The van der Waals surface area contributed by atoms with Crippen molar-refractivity contribution in [1.82, 2.24) is 20.2 Å². The number of aromatic nitrogens is 2. The van der Waals surface area contributed by atoms with Crippen molar-refractivity contribution in [2.75, 3.05) is 26.2 Å². The normalized spacial score (nSPS) is 14.9. The fraction of sp³-hybridized carbons (Fsp3) is 0.455. The summed E-state index contributed by atoms with van der Waals surface area (Å²) in [5.74, 6) is -1.20. The van der Waals surface area contributed by atoms with Gasteiger partial charge in [-0.15, -0.1) is 0 Å². The molecule has 0 bridgehead atoms.